The average Bonchev–Trinajstić information content (AvgIpc) is 2.74. The van der Waals surface area contributed by atoms with Crippen molar-refractivity contribution >= 4 is 17.6 Å². The van der Waals surface area contributed by atoms with E-state index >= 15 is 0 Å². The SMILES string of the molecule is CCc1ccc(OCCNC(=O)C(F)(F)F)c(C(Nc2ccc(C#N)cc2)C(=O)[O-])c1. The number of carboxylic acids is 1. The second-order valence-corrected chi connectivity index (χ2v) is 6.41. The lowest BCUT2D eigenvalue weighted by molar-refractivity contribution is -0.307. The van der Waals surface area contributed by atoms with E-state index in [0.717, 1.165) is 5.56 Å². The number of anilines is 1. The lowest BCUT2D eigenvalue weighted by Crippen LogP contribution is -2.39. The number of benzene rings is 2. The number of ether oxygens (including phenoxy) is 1. The zero-order valence-electron chi connectivity index (χ0n) is 16.5. The van der Waals surface area contributed by atoms with Gasteiger partial charge in [-0.3, -0.25) is 4.79 Å². The Hall–Kier alpha value is -3.74. The Morgan fingerprint density at radius 1 is 1.19 bits per heavy atom. The molecule has 0 radical (unpaired) electrons. The smallest absolute Gasteiger partial charge is 0.471 e. The third-order valence-electron chi connectivity index (χ3n) is 4.26. The molecule has 2 rings (SSSR count). The normalized spacial score (nSPS) is 11.8. The van der Waals surface area contributed by atoms with Crippen LogP contribution in [0.2, 0.25) is 0 Å². The quantitative estimate of drug-likeness (QED) is 0.584. The van der Waals surface area contributed by atoms with Crippen LogP contribution in [0.4, 0.5) is 18.9 Å². The molecule has 31 heavy (non-hydrogen) atoms. The predicted octanol–water partition coefficient (Wildman–Crippen LogP) is 2.08. The summed E-state index contributed by atoms with van der Waals surface area (Å²) in [6, 6.07) is 11.5. The van der Waals surface area contributed by atoms with Crippen LogP contribution in [0.15, 0.2) is 42.5 Å². The molecule has 7 nitrogen and oxygen atoms in total. The highest BCUT2D eigenvalue weighted by Crippen LogP contribution is 2.30. The summed E-state index contributed by atoms with van der Waals surface area (Å²) >= 11 is 0. The number of amides is 1. The van der Waals surface area contributed by atoms with Gasteiger partial charge in [0.15, 0.2) is 0 Å². The fourth-order valence-electron chi connectivity index (χ4n) is 2.67. The van der Waals surface area contributed by atoms with Crippen molar-refractivity contribution in [1.82, 2.24) is 5.32 Å². The van der Waals surface area contributed by atoms with Gasteiger partial charge in [0.2, 0.25) is 0 Å². The summed E-state index contributed by atoms with van der Waals surface area (Å²) in [5.74, 6) is -3.42. The van der Waals surface area contributed by atoms with Crippen molar-refractivity contribution in [3.63, 3.8) is 0 Å². The number of nitriles is 1. The number of hydrogen-bond acceptors (Lipinski definition) is 6. The number of carboxylic acid groups (broad SMARTS) is 1. The summed E-state index contributed by atoms with van der Waals surface area (Å²) in [7, 11) is 0. The van der Waals surface area contributed by atoms with E-state index < -0.39 is 30.6 Å². The minimum Gasteiger partial charge on any atom is -0.548 e. The van der Waals surface area contributed by atoms with Crippen LogP contribution >= 0.6 is 0 Å². The van der Waals surface area contributed by atoms with Crippen LogP contribution in [0.25, 0.3) is 0 Å². The van der Waals surface area contributed by atoms with E-state index in [-0.39, 0.29) is 17.9 Å². The van der Waals surface area contributed by atoms with Crippen LogP contribution in [0, 0.1) is 11.3 Å². The summed E-state index contributed by atoms with van der Waals surface area (Å²) < 4.78 is 42.2. The van der Waals surface area contributed by atoms with E-state index in [0.29, 0.717) is 17.7 Å². The standard InChI is InChI=1S/C21H20F3N3O4/c1-2-13-5-8-17(31-10-9-26-20(30)21(22,23)24)16(11-13)18(19(28)29)27-15-6-3-14(12-25)4-7-15/h3-8,11,18,27H,2,9-10H2,1H3,(H,26,30)(H,28,29)/p-1. The lowest BCUT2D eigenvalue weighted by Gasteiger charge is -2.24. The Morgan fingerprint density at radius 3 is 2.42 bits per heavy atom. The molecule has 0 aliphatic rings. The van der Waals surface area contributed by atoms with E-state index in [2.05, 4.69) is 5.32 Å². The molecule has 2 N–H and O–H groups in total. The highest BCUT2D eigenvalue weighted by molar-refractivity contribution is 5.81. The summed E-state index contributed by atoms with van der Waals surface area (Å²) in [5.41, 5.74) is 1.83. The van der Waals surface area contributed by atoms with E-state index in [4.69, 9.17) is 10.00 Å². The molecule has 1 unspecified atom stereocenters. The molecular weight excluding hydrogens is 415 g/mol. The van der Waals surface area contributed by atoms with E-state index in [1.807, 2.05) is 13.0 Å². The van der Waals surface area contributed by atoms with Gasteiger partial charge in [-0.2, -0.15) is 18.4 Å². The number of aryl methyl sites for hydroxylation is 1. The third kappa shape index (κ3) is 6.64. The number of carbonyl (C=O) groups excluding carboxylic acids is 2. The van der Waals surface area contributed by atoms with Crippen molar-refractivity contribution in [2.24, 2.45) is 0 Å². The minimum absolute atomic E-state index is 0.119. The van der Waals surface area contributed by atoms with Crippen molar-refractivity contribution in [3.8, 4) is 11.8 Å². The first-order valence-corrected chi connectivity index (χ1v) is 9.24. The summed E-state index contributed by atoms with van der Waals surface area (Å²) in [5, 5.41) is 25.2. The van der Waals surface area contributed by atoms with Gasteiger partial charge in [-0.25, -0.2) is 0 Å². The molecule has 0 aliphatic carbocycles. The first kappa shape index (κ1) is 23.5. The molecule has 0 spiro atoms. The monoisotopic (exact) mass is 434 g/mol. The highest BCUT2D eigenvalue weighted by atomic mass is 19.4. The van der Waals surface area contributed by atoms with Crippen molar-refractivity contribution < 1.29 is 32.6 Å². The van der Waals surface area contributed by atoms with Gasteiger partial charge in [0.05, 0.1) is 30.2 Å². The van der Waals surface area contributed by atoms with Crippen LogP contribution in [-0.4, -0.2) is 31.2 Å². The molecule has 1 amide bonds. The Morgan fingerprint density at radius 2 is 1.87 bits per heavy atom. The van der Waals surface area contributed by atoms with Gasteiger partial charge in [0.25, 0.3) is 0 Å². The Balaban J connectivity index is 2.21. The number of nitrogens with one attached hydrogen (secondary N) is 2. The first-order chi connectivity index (χ1) is 14.7. The topological polar surface area (TPSA) is 114 Å². The molecule has 0 aliphatic heterocycles. The highest BCUT2D eigenvalue weighted by Gasteiger charge is 2.38. The second kappa shape index (κ2) is 10.3. The molecule has 0 bridgehead atoms. The maximum absolute atomic E-state index is 12.2. The van der Waals surface area contributed by atoms with Gasteiger partial charge in [-0.15, -0.1) is 0 Å². The summed E-state index contributed by atoms with van der Waals surface area (Å²) in [6.45, 7) is 1.14. The number of nitrogens with zero attached hydrogens (tertiary/aromatic N) is 1. The fourth-order valence-corrected chi connectivity index (χ4v) is 2.67. The van der Waals surface area contributed by atoms with Crippen LogP contribution in [-0.2, 0) is 16.0 Å². The van der Waals surface area contributed by atoms with Gasteiger partial charge >= 0.3 is 12.1 Å². The van der Waals surface area contributed by atoms with Crippen molar-refractivity contribution in [1.29, 1.82) is 5.26 Å². The largest absolute Gasteiger partial charge is 0.548 e. The number of rotatable bonds is 9. The Bertz CT molecular complexity index is 969. The zero-order valence-corrected chi connectivity index (χ0v) is 16.5. The number of aliphatic carboxylic acids is 1. The molecule has 0 saturated carbocycles. The Kier molecular flexibility index (Phi) is 7.85. The van der Waals surface area contributed by atoms with Crippen molar-refractivity contribution in [2.75, 3.05) is 18.5 Å². The fraction of sp³-hybridized carbons (Fsp3) is 0.286. The maximum atomic E-state index is 12.2. The van der Waals surface area contributed by atoms with Crippen LogP contribution < -0.4 is 20.5 Å². The van der Waals surface area contributed by atoms with Crippen LogP contribution in [0.3, 0.4) is 0 Å². The molecule has 0 saturated heterocycles. The van der Waals surface area contributed by atoms with Gasteiger partial charge in [0, 0.05) is 11.3 Å². The van der Waals surface area contributed by atoms with E-state index in [9.17, 15) is 27.9 Å². The second-order valence-electron chi connectivity index (χ2n) is 6.41. The number of carbonyl (C=O) groups is 2. The van der Waals surface area contributed by atoms with Gasteiger partial charge in [-0.05, 0) is 48.4 Å². The molecule has 2 aromatic carbocycles. The zero-order chi connectivity index (χ0) is 23.0. The van der Waals surface area contributed by atoms with Gasteiger partial charge < -0.3 is 25.3 Å². The van der Waals surface area contributed by atoms with E-state index in [1.165, 1.54) is 30.3 Å². The Labute approximate surface area is 176 Å². The minimum atomic E-state index is -5.00. The predicted molar refractivity (Wildman–Crippen MR) is 103 cm³/mol. The van der Waals surface area contributed by atoms with Gasteiger partial charge in [-0.1, -0.05) is 13.0 Å². The number of hydrogen-bond donors (Lipinski definition) is 2. The van der Waals surface area contributed by atoms with Crippen LogP contribution in [0.1, 0.15) is 29.7 Å². The van der Waals surface area contributed by atoms with Crippen molar-refractivity contribution in [2.45, 2.75) is 25.6 Å². The average molecular weight is 434 g/mol. The molecule has 0 heterocycles. The lowest BCUT2D eigenvalue weighted by atomic mass is 10.0. The molecule has 10 heteroatoms. The summed E-state index contributed by atoms with van der Waals surface area (Å²) in [4.78, 5) is 22.7. The third-order valence-corrected chi connectivity index (χ3v) is 4.26. The molecule has 164 valence electrons. The molecular formula is C21H19F3N3O4-. The van der Waals surface area contributed by atoms with E-state index in [1.54, 1.807) is 17.4 Å². The van der Waals surface area contributed by atoms with Crippen LogP contribution in [0.5, 0.6) is 5.75 Å². The number of alkyl halides is 3. The first-order valence-electron chi connectivity index (χ1n) is 9.24. The molecule has 1 atom stereocenters. The molecule has 0 fully saturated rings. The number of halogens is 3. The van der Waals surface area contributed by atoms with Gasteiger partial charge in [0.1, 0.15) is 12.4 Å². The maximum Gasteiger partial charge on any atom is 0.471 e. The molecule has 0 aromatic heterocycles. The molecule has 2 aromatic rings. The summed E-state index contributed by atoms with van der Waals surface area (Å²) in [6.07, 6.45) is -4.40. The van der Waals surface area contributed by atoms with Crippen molar-refractivity contribution in [3.05, 3.63) is 59.2 Å².